The van der Waals surface area contributed by atoms with Gasteiger partial charge >= 0.3 is 0 Å². The summed E-state index contributed by atoms with van der Waals surface area (Å²) in [7, 11) is 1.99. The Bertz CT molecular complexity index is 531. The SMILES string of the molecule is CCCn1ncc(N2CCCCC2C(C)NC)c(Br)c1=O. The second-order valence-corrected chi connectivity index (χ2v) is 6.50. The summed E-state index contributed by atoms with van der Waals surface area (Å²) in [5, 5.41) is 7.68. The van der Waals surface area contributed by atoms with Crippen molar-refractivity contribution in [3.8, 4) is 0 Å². The Morgan fingerprint density at radius 3 is 2.95 bits per heavy atom. The molecule has 2 unspecified atom stereocenters. The van der Waals surface area contributed by atoms with Crippen molar-refractivity contribution in [1.29, 1.82) is 0 Å². The van der Waals surface area contributed by atoms with E-state index in [2.05, 4.69) is 38.2 Å². The molecule has 2 atom stereocenters. The van der Waals surface area contributed by atoms with Gasteiger partial charge < -0.3 is 10.2 Å². The van der Waals surface area contributed by atoms with Crippen molar-refractivity contribution in [1.82, 2.24) is 15.1 Å². The lowest BCUT2D eigenvalue weighted by Gasteiger charge is -2.41. The lowest BCUT2D eigenvalue weighted by molar-refractivity contribution is 0.381. The van der Waals surface area contributed by atoms with Gasteiger partial charge in [0.05, 0.1) is 11.9 Å². The van der Waals surface area contributed by atoms with Crippen LogP contribution >= 0.6 is 15.9 Å². The van der Waals surface area contributed by atoms with Crippen molar-refractivity contribution in [2.75, 3.05) is 18.5 Å². The third-order valence-corrected chi connectivity index (χ3v) is 5.04. The van der Waals surface area contributed by atoms with E-state index in [1.165, 1.54) is 11.1 Å². The molecule has 0 radical (unpaired) electrons. The minimum atomic E-state index is -0.0317. The fraction of sp³-hybridized carbons (Fsp3) is 0.733. The summed E-state index contributed by atoms with van der Waals surface area (Å²) in [6.07, 6.45) is 6.29. The summed E-state index contributed by atoms with van der Waals surface area (Å²) >= 11 is 3.50. The summed E-state index contributed by atoms with van der Waals surface area (Å²) in [6, 6.07) is 0.790. The van der Waals surface area contributed by atoms with Crippen molar-refractivity contribution in [2.24, 2.45) is 0 Å². The number of nitrogens with one attached hydrogen (secondary N) is 1. The first-order valence-electron chi connectivity index (χ1n) is 7.79. The van der Waals surface area contributed by atoms with Crippen molar-refractivity contribution >= 4 is 21.6 Å². The Hall–Kier alpha value is -0.880. The van der Waals surface area contributed by atoms with Gasteiger partial charge in [0.25, 0.3) is 5.56 Å². The van der Waals surface area contributed by atoms with Crippen molar-refractivity contribution in [2.45, 2.75) is 58.2 Å². The molecule has 1 aliphatic rings. The van der Waals surface area contributed by atoms with Crippen LogP contribution < -0.4 is 15.8 Å². The number of anilines is 1. The van der Waals surface area contributed by atoms with E-state index < -0.39 is 0 Å². The lowest BCUT2D eigenvalue weighted by Crippen LogP contribution is -2.51. The number of hydrogen-bond donors (Lipinski definition) is 1. The Morgan fingerprint density at radius 2 is 2.29 bits per heavy atom. The van der Waals surface area contributed by atoms with Gasteiger partial charge in [-0.1, -0.05) is 6.92 Å². The minimum absolute atomic E-state index is 0.0317. The molecule has 21 heavy (non-hydrogen) atoms. The van der Waals surface area contributed by atoms with Gasteiger partial charge in [-0.2, -0.15) is 5.10 Å². The first-order chi connectivity index (χ1) is 10.1. The molecule has 1 saturated heterocycles. The highest BCUT2D eigenvalue weighted by molar-refractivity contribution is 9.10. The molecule has 1 N–H and O–H groups in total. The van der Waals surface area contributed by atoms with Crippen LogP contribution in [0.5, 0.6) is 0 Å². The second kappa shape index (κ2) is 7.40. The summed E-state index contributed by atoms with van der Waals surface area (Å²) in [4.78, 5) is 14.7. The van der Waals surface area contributed by atoms with Gasteiger partial charge in [-0.3, -0.25) is 4.79 Å². The third-order valence-electron chi connectivity index (χ3n) is 4.29. The standard InChI is InChI=1S/C15H25BrN4O/c1-4-8-20-15(21)14(16)13(10-18-20)19-9-6-5-7-12(19)11(2)17-3/h10-12,17H,4-9H2,1-3H3. The molecule has 0 amide bonds. The third kappa shape index (κ3) is 3.48. The van der Waals surface area contributed by atoms with E-state index in [0.29, 0.717) is 23.1 Å². The minimum Gasteiger partial charge on any atom is -0.365 e. The summed E-state index contributed by atoms with van der Waals surface area (Å²) in [5.74, 6) is 0. The monoisotopic (exact) mass is 356 g/mol. The quantitative estimate of drug-likeness (QED) is 0.879. The van der Waals surface area contributed by atoms with E-state index in [1.54, 1.807) is 0 Å². The number of aromatic nitrogens is 2. The maximum Gasteiger partial charge on any atom is 0.283 e. The van der Waals surface area contributed by atoms with E-state index in [-0.39, 0.29) is 5.56 Å². The molecule has 0 aromatic carbocycles. The maximum atomic E-state index is 12.4. The molecule has 2 heterocycles. The van der Waals surface area contributed by atoms with Crippen LogP contribution in [0.4, 0.5) is 5.69 Å². The highest BCUT2D eigenvalue weighted by Crippen LogP contribution is 2.30. The number of aryl methyl sites for hydroxylation is 1. The number of rotatable bonds is 5. The van der Waals surface area contributed by atoms with E-state index in [1.807, 2.05) is 20.2 Å². The predicted octanol–water partition coefficient (Wildman–Crippen LogP) is 2.38. The summed E-state index contributed by atoms with van der Waals surface area (Å²) in [5.41, 5.74) is 0.898. The van der Waals surface area contributed by atoms with Gasteiger partial charge in [0.15, 0.2) is 0 Å². The van der Waals surface area contributed by atoms with Gasteiger partial charge in [-0.25, -0.2) is 4.68 Å². The Balaban J connectivity index is 2.35. The molecule has 0 bridgehead atoms. The van der Waals surface area contributed by atoms with Gasteiger partial charge in [-0.05, 0) is 55.6 Å². The van der Waals surface area contributed by atoms with Crippen molar-refractivity contribution in [3.05, 3.63) is 21.0 Å². The van der Waals surface area contributed by atoms with Crippen LogP contribution in [-0.4, -0.2) is 35.5 Å². The first-order valence-corrected chi connectivity index (χ1v) is 8.59. The molecule has 2 rings (SSSR count). The largest absolute Gasteiger partial charge is 0.365 e. The van der Waals surface area contributed by atoms with Gasteiger partial charge in [0, 0.05) is 25.2 Å². The highest BCUT2D eigenvalue weighted by Gasteiger charge is 2.29. The molecular weight excluding hydrogens is 332 g/mol. The molecule has 0 saturated carbocycles. The topological polar surface area (TPSA) is 50.2 Å². The van der Waals surface area contributed by atoms with Crippen LogP contribution in [-0.2, 0) is 6.54 Å². The zero-order chi connectivity index (χ0) is 15.4. The van der Waals surface area contributed by atoms with E-state index in [4.69, 9.17) is 0 Å². The fourth-order valence-corrected chi connectivity index (χ4v) is 3.53. The van der Waals surface area contributed by atoms with Crippen molar-refractivity contribution < 1.29 is 0 Å². The maximum absolute atomic E-state index is 12.4. The number of nitrogens with zero attached hydrogens (tertiary/aromatic N) is 3. The van der Waals surface area contributed by atoms with Crippen molar-refractivity contribution in [3.63, 3.8) is 0 Å². The lowest BCUT2D eigenvalue weighted by atomic mass is 9.96. The highest BCUT2D eigenvalue weighted by atomic mass is 79.9. The van der Waals surface area contributed by atoms with Crippen LogP contribution in [0.1, 0.15) is 39.5 Å². The second-order valence-electron chi connectivity index (χ2n) is 5.71. The van der Waals surface area contributed by atoms with Gasteiger partial charge in [0.2, 0.25) is 0 Å². The number of halogens is 1. The van der Waals surface area contributed by atoms with E-state index >= 15 is 0 Å². The Morgan fingerprint density at radius 1 is 1.52 bits per heavy atom. The average Bonchev–Trinajstić information content (AvgIpc) is 2.51. The Kier molecular flexibility index (Phi) is 5.81. The molecule has 118 valence electrons. The van der Waals surface area contributed by atoms with Crippen LogP contribution in [0.3, 0.4) is 0 Å². The first kappa shape index (κ1) is 16.5. The molecule has 1 aromatic rings. The van der Waals surface area contributed by atoms with Gasteiger partial charge in [-0.15, -0.1) is 0 Å². The van der Waals surface area contributed by atoms with Crippen LogP contribution in [0, 0.1) is 0 Å². The number of hydrogen-bond acceptors (Lipinski definition) is 4. The molecular formula is C15H25BrN4O. The van der Waals surface area contributed by atoms with Gasteiger partial charge in [0.1, 0.15) is 4.47 Å². The zero-order valence-corrected chi connectivity index (χ0v) is 14.7. The van der Waals surface area contributed by atoms with Crippen LogP contribution in [0.15, 0.2) is 15.5 Å². The molecule has 1 aromatic heterocycles. The van der Waals surface area contributed by atoms with Crippen LogP contribution in [0.2, 0.25) is 0 Å². The molecule has 1 aliphatic heterocycles. The summed E-state index contributed by atoms with van der Waals surface area (Å²) in [6.45, 7) is 5.89. The molecule has 0 aliphatic carbocycles. The summed E-state index contributed by atoms with van der Waals surface area (Å²) < 4.78 is 2.18. The number of piperidine rings is 1. The molecule has 5 nitrogen and oxygen atoms in total. The van der Waals surface area contributed by atoms with E-state index in [9.17, 15) is 4.79 Å². The Labute approximate surface area is 134 Å². The molecule has 6 heteroatoms. The molecule has 1 fully saturated rings. The average molecular weight is 357 g/mol. The number of likely N-dealkylation sites (N-methyl/N-ethyl adjacent to an activating group) is 1. The smallest absolute Gasteiger partial charge is 0.283 e. The zero-order valence-electron chi connectivity index (χ0n) is 13.1. The van der Waals surface area contributed by atoms with E-state index in [0.717, 1.165) is 31.5 Å². The normalized spacial score (nSPS) is 20.6. The predicted molar refractivity (Wildman–Crippen MR) is 90.0 cm³/mol. The van der Waals surface area contributed by atoms with Crippen LogP contribution in [0.25, 0.3) is 0 Å². The molecule has 0 spiro atoms. The fourth-order valence-electron chi connectivity index (χ4n) is 3.00.